The molecule has 0 fully saturated rings. The maximum Gasteiger partial charge on any atom is 0.408 e. The number of alkyl carbamates (subject to hydrolysis) is 1. The topological polar surface area (TPSA) is 134 Å². The molecular formula is C37H55N3O7. The van der Waals surface area contributed by atoms with Crippen LogP contribution in [0.1, 0.15) is 106 Å². The third-order valence-corrected chi connectivity index (χ3v) is 7.91. The molecular weight excluding hydrogens is 598 g/mol. The Morgan fingerprint density at radius 2 is 1.36 bits per heavy atom. The van der Waals surface area contributed by atoms with Gasteiger partial charge >= 0.3 is 12.1 Å². The minimum absolute atomic E-state index is 0.0136. The van der Waals surface area contributed by atoms with Gasteiger partial charge in [-0.2, -0.15) is 0 Å². The fourth-order valence-electron chi connectivity index (χ4n) is 4.95. The fourth-order valence-corrected chi connectivity index (χ4v) is 4.95. The predicted molar refractivity (Wildman–Crippen MR) is 183 cm³/mol. The molecule has 0 spiro atoms. The number of phenols is 1. The van der Waals surface area contributed by atoms with E-state index < -0.39 is 58.7 Å². The minimum Gasteiger partial charge on any atom is -0.508 e. The van der Waals surface area contributed by atoms with Crippen LogP contribution >= 0.6 is 0 Å². The second kappa shape index (κ2) is 16.2. The maximum absolute atomic E-state index is 14.8. The van der Waals surface area contributed by atoms with Crippen molar-refractivity contribution in [3.63, 3.8) is 0 Å². The van der Waals surface area contributed by atoms with Crippen LogP contribution in [0.25, 0.3) is 0 Å². The molecule has 0 aliphatic heterocycles. The number of carbonyl (C=O) groups excluding carboxylic acids is 4. The van der Waals surface area contributed by atoms with Gasteiger partial charge in [-0.25, -0.2) is 9.59 Å². The lowest BCUT2D eigenvalue weighted by molar-refractivity contribution is -0.159. The van der Waals surface area contributed by atoms with Crippen molar-refractivity contribution in [3.05, 3.63) is 65.7 Å². The number of benzene rings is 2. The van der Waals surface area contributed by atoms with E-state index >= 15 is 0 Å². The summed E-state index contributed by atoms with van der Waals surface area (Å²) >= 11 is 0. The standard InChI is InChI=1S/C37H55N3O7/c1-12-24(3)29(39-34(45)47-36(7,8)9)32(43)40(37(10,11)13-2)30(26-19-21-27(41)22-20-26)31(42)38-28(33(44)46-35(4,5)6)23-25-17-15-14-16-18-25/h14-22,24,28-30,41H,12-13,23H2,1-11H3,(H,38,42)(H,39,45). The van der Waals surface area contributed by atoms with Crippen LogP contribution in [0.5, 0.6) is 5.75 Å². The highest BCUT2D eigenvalue weighted by Gasteiger charge is 2.45. The minimum atomic E-state index is -1.24. The summed E-state index contributed by atoms with van der Waals surface area (Å²) in [6.07, 6.45) is 0.425. The number of aromatic hydroxyl groups is 1. The first-order chi connectivity index (χ1) is 21.7. The molecule has 0 aliphatic rings. The highest BCUT2D eigenvalue weighted by Crippen LogP contribution is 2.34. The Morgan fingerprint density at radius 1 is 0.809 bits per heavy atom. The van der Waals surface area contributed by atoms with E-state index in [9.17, 15) is 24.3 Å². The van der Waals surface area contributed by atoms with Crippen molar-refractivity contribution in [1.29, 1.82) is 0 Å². The molecule has 3 amide bonds. The summed E-state index contributed by atoms with van der Waals surface area (Å²) in [5, 5.41) is 15.8. The summed E-state index contributed by atoms with van der Waals surface area (Å²) in [5.41, 5.74) is -1.28. The lowest BCUT2D eigenvalue weighted by Crippen LogP contribution is -2.61. The van der Waals surface area contributed by atoms with Crippen LogP contribution in [0.15, 0.2) is 54.6 Å². The van der Waals surface area contributed by atoms with Crippen molar-refractivity contribution in [3.8, 4) is 5.75 Å². The van der Waals surface area contributed by atoms with Gasteiger partial charge in [0, 0.05) is 12.0 Å². The zero-order chi connectivity index (χ0) is 35.7. The van der Waals surface area contributed by atoms with Gasteiger partial charge in [-0.15, -0.1) is 0 Å². The zero-order valence-electron chi connectivity index (χ0n) is 30.0. The van der Waals surface area contributed by atoms with Crippen LogP contribution in [0, 0.1) is 5.92 Å². The number of amides is 3. The van der Waals surface area contributed by atoms with E-state index in [0.717, 1.165) is 5.56 Å². The molecule has 2 rings (SSSR count). The second-order valence-corrected chi connectivity index (χ2v) is 14.7. The summed E-state index contributed by atoms with van der Waals surface area (Å²) in [5.74, 6) is -2.04. The molecule has 0 heterocycles. The molecule has 260 valence electrons. The third kappa shape index (κ3) is 11.9. The number of ether oxygens (including phenoxy) is 2. The molecule has 2 aromatic rings. The van der Waals surface area contributed by atoms with E-state index in [1.54, 1.807) is 53.7 Å². The average molecular weight is 654 g/mol. The van der Waals surface area contributed by atoms with Crippen molar-refractivity contribution < 1.29 is 33.8 Å². The number of carbonyl (C=O) groups is 4. The fraction of sp³-hybridized carbons (Fsp3) is 0.568. The van der Waals surface area contributed by atoms with Crippen LogP contribution < -0.4 is 10.6 Å². The maximum atomic E-state index is 14.8. The molecule has 4 atom stereocenters. The molecule has 0 aliphatic carbocycles. The van der Waals surface area contributed by atoms with Gasteiger partial charge in [0.25, 0.3) is 0 Å². The number of hydrogen-bond acceptors (Lipinski definition) is 7. The van der Waals surface area contributed by atoms with Crippen molar-refractivity contribution in [2.45, 2.75) is 130 Å². The molecule has 47 heavy (non-hydrogen) atoms. The van der Waals surface area contributed by atoms with E-state index in [4.69, 9.17) is 9.47 Å². The summed E-state index contributed by atoms with van der Waals surface area (Å²) < 4.78 is 11.2. The molecule has 10 heteroatoms. The van der Waals surface area contributed by atoms with Gasteiger partial charge < -0.3 is 30.1 Å². The zero-order valence-corrected chi connectivity index (χ0v) is 30.0. The van der Waals surface area contributed by atoms with Crippen LogP contribution in [0.2, 0.25) is 0 Å². The molecule has 4 unspecified atom stereocenters. The van der Waals surface area contributed by atoms with E-state index in [2.05, 4.69) is 10.6 Å². The third-order valence-electron chi connectivity index (χ3n) is 7.91. The molecule has 0 radical (unpaired) electrons. The lowest BCUT2D eigenvalue weighted by Gasteiger charge is -2.45. The Bertz CT molecular complexity index is 1340. The number of esters is 1. The smallest absolute Gasteiger partial charge is 0.408 e. The highest BCUT2D eigenvalue weighted by molar-refractivity contribution is 5.94. The average Bonchev–Trinajstić information content (AvgIpc) is 2.96. The number of nitrogens with one attached hydrogen (secondary N) is 2. The van der Waals surface area contributed by atoms with Crippen LogP contribution in [0.4, 0.5) is 4.79 Å². The van der Waals surface area contributed by atoms with E-state index in [0.29, 0.717) is 18.4 Å². The Balaban J connectivity index is 2.71. The summed E-state index contributed by atoms with van der Waals surface area (Å²) in [6, 6.07) is 12.0. The first-order valence-corrected chi connectivity index (χ1v) is 16.4. The molecule has 3 N–H and O–H groups in total. The molecule has 0 bridgehead atoms. The highest BCUT2D eigenvalue weighted by atomic mass is 16.6. The quantitative estimate of drug-likeness (QED) is 0.211. The largest absolute Gasteiger partial charge is 0.508 e. The molecule has 10 nitrogen and oxygen atoms in total. The van der Waals surface area contributed by atoms with Crippen molar-refractivity contribution in [1.82, 2.24) is 15.5 Å². The van der Waals surface area contributed by atoms with E-state index in [1.165, 1.54) is 17.0 Å². The number of rotatable bonds is 13. The van der Waals surface area contributed by atoms with Gasteiger partial charge in [0.2, 0.25) is 11.8 Å². The normalized spacial score (nSPS) is 14.6. The van der Waals surface area contributed by atoms with Crippen LogP contribution in [0.3, 0.4) is 0 Å². The van der Waals surface area contributed by atoms with Crippen molar-refractivity contribution in [2.24, 2.45) is 5.92 Å². The number of phenolic OH excluding ortho intramolecular Hbond substituents is 1. The molecule has 0 saturated carbocycles. The van der Waals surface area contributed by atoms with E-state index in [1.807, 2.05) is 65.0 Å². The Kier molecular flexibility index (Phi) is 13.4. The Labute approximate surface area is 280 Å². The first-order valence-electron chi connectivity index (χ1n) is 16.4. The van der Waals surface area contributed by atoms with Crippen LogP contribution in [-0.4, -0.2) is 62.7 Å². The summed E-state index contributed by atoms with van der Waals surface area (Å²) in [7, 11) is 0. The van der Waals surface area contributed by atoms with Gasteiger partial charge in [0.05, 0.1) is 0 Å². The Hall–Kier alpha value is -4.08. The summed E-state index contributed by atoms with van der Waals surface area (Å²) in [4.78, 5) is 57.4. The molecule has 2 aromatic carbocycles. The van der Waals surface area contributed by atoms with Crippen molar-refractivity contribution in [2.75, 3.05) is 0 Å². The molecule has 0 aromatic heterocycles. The van der Waals surface area contributed by atoms with E-state index in [-0.39, 0.29) is 18.1 Å². The van der Waals surface area contributed by atoms with Gasteiger partial charge in [-0.1, -0.05) is 69.7 Å². The second-order valence-electron chi connectivity index (χ2n) is 14.7. The number of hydrogen-bond donors (Lipinski definition) is 3. The van der Waals surface area contributed by atoms with Gasteiger partial charge in [-0.05, 0) is 91.0 Å². The van der Waals surface area contributed by atoms with Crippen LogP contribution in [-0.2, 0) is 30.3 Å². The van der Waals surface area contributed by atoms with Gasteiger partial charge in [-0.3, -0.25) is 9.59 Å². The summed E-state index contributed by atoms with van der Waals surface area (Å²) in [6.45, 7) is 19.8. The van der Waals surface area contributed by atoms with Gasteiger partial charge in [0.15, 0.2) is 0 Å². The number of nitrogens with zero attached hydrogens (tertiary/aromatic N) is 1. The van der Waals surface area contributed by atoms with Gasteiger partial charge in [0.1, 0.15) is 35.1 Å². The first kappa shape index (κ1) is 39.1. The lowest BCUT2D eigenvalue weighted by atomic mass is 9.89. The predicted octanol–water partition coefficient (Wildman–Crippen LogP) is 6.46. The monoisotopic (exact) mass is 653 g/mol. The van der Waals surface area contributed by atoms with Crippen molar-refractivity contribution >= 4 is 23.9 Å². The SMILES string of the molecule is CCC(C)C(NC(=O)OC(C)(C)C)C(=O)N(C(C(=O)NC(Cc1ccccc1)C(=O)OC(C)(C)C)c1ccc(O)cc1)C(C)(C)CC. The molecule has 0 saturated heterocycles. The Morgan fingerprint density at radius 3 is 1.85 bits per heavy atom.